The van der Waals surface area contributed by atoms with Gasteiger partial charge in [0.05, 0.1) is 0 Å². The summed E-state index contributed by atoms with van der Waals surface area (Å²) in [4.78, 5) is 6.37. The van der Waals surface area contributed by atoms with Crippen molar-refractivity contribution in [1.82, 2.24) is 9.55 Å². The van der Waals surface area contributed by atoms with Gasteiger partial charge in [0.1, 0.15) is 0 Å². The number of aryl methyl sites for hydroxylation is 1. The summed E-state index contributed by atoms with van der Waals surface area (Å²) in [7, 11) is 3.72. The van der Waals surface area contributed by atoms with Gasteiger partial charge in [-0.05, 0) is 6.42 Å². The fraction of sp³-hybridized carbons (Fsp3) is 0.700. The lowest BCUT2D eigenvalue weighted by Gasteiger charge is -2.18. The van der Waals surface area contributed by atoms with Crippen molar-refractivity contribution < 1.29 is 4.74 Å². The number of aromatic nitrogens is 2. The molecule has 0 radical (unpaired) electrons. The Morgan fingerprint density at radius 2 is 2.40 bits per heavy atom. The molecule has 0 aliphatic carbocycles. The van der Waals surface area contributed by atoms with Crippen molar-refractivity contribution in [2.75, 3.05) is 38.8 Å². The lowest BCUT2D eigenvalue weighted by Crippen LogP contribution is -2.27. The van der Waals surface area contributed by atoms with Gasteiger partial charge in [-0.25, -0.2) is 4.98 Å². The van der Waals surface area contributed by atoms with E-state index in [0.29, 0.717) is 6.54 Å². The van der Waals surface area contributed by atoms with Crippen molar-refractivity contribution in [3.8, 4) is 0 Å². The van der Waals surface area contributed by atoms with Crippen LogP contribution < -0.4 is 10.6 Å². The zero-order valence-corrected chi connectivity index (χ0v) is 9.52. The van der Waals surface area contributed by atoms with E-state index in [1.165, 1.54) is 0 Å². The first-order chi connectivity index (χ1) is 7.29. The zero-order valence-electron chi connectivity index (χ0n) is 9.52. The number of methoxy groups -OCH3 is 1. The fourth-order valence-corrected chi connectivity index (χ4v) is 1.49. The second-order valence-electron chi connectivity index (χ2n) is 3.48. The highest BCUT2D eigenvalue weighted by Crippen LogP contribution is 2.09. The third-order valence-corrected chi connectivity index (χ3v) is 2.25. The van der Waals surface area contributed by atoms with Gasteiger partial charge >= 0.3 is 0 Å². The minimum absolute atomic E-state index is 0.640. The first-order valence-corrected chi connectivity index (χ1v) is 5.21. The molecule has 0 unspecified atom stereocenters. The van der Waals surface area contributed by atoms with Crippen LogP contribution in [0, 0.1) is 0 Å². The molecule has 2 N–H and O–H groups in total. The van der Waals surface area contributed by atoms with Crippen molar-refractivity contribution >= 4 is 5.95 Å². The van der Waals surface area contributed by atoms with Crippen molar-refractivity contribution in [3.05, 3.63) is 12.4 Å². The van der Waals surface area contributed by atoms with Crippen molar-refractivity contribution in [1.29, 1.82) is 0 Å². The highest BCUT2D eigenvalue weighted by molar-refractivity contribution is 5.29. The van der Waals surface area contributed by atoms with Crippen LogP contribution >= 0.6 is 0 Å². The Kier molecular flexibility index (Phi) is 5.14. The molecule has 1 aromatic rings. The Labute approximate surface area is 90.8 Å². The van der Waals surface area contributed by atoms with Crippen LogP contribution in [0.1, 0.15) is 6.42 Å². The van der Waals surface area contributed by atoms with E-state index in [0.717, 1.165) is 32.1 Å². The van der Waals surface area contributed by atoms with E-state index in [9.17, 15) is 0 Å². The molecule has 0 saturated carbocycles. The van der Waals surface area contributed by atoms with E-state index in [2.05, 4.69) is 14.5 Å². The number of likely N-dealkylation sites (N-methyl/N-ethyl adjacent to an activating group) is 1. The van der Waals surface area contributed by atoms with Crippen LogP contribution in [0.5, 0.6) is 0 Å². The minimum atomic E-state index is 0.640. The second kappa shape index (κ2) is 6.42. The second-order valence-corrected chi connectivity index (χ2v) is 3.48. The SMILES string of the molecule is COCCCn1ccnc1N(C)CCN. The topological polar surface area (TPSA) is 56.3 Å². The normalized spacial score (nSPS) is 10.6. The maximum Gasteiger partial charge on any atom is 0.205 e. The maximum absolute atomic E-state index is 5.51. The van der Waals surface area contributed by atoms with Crippen LogP contribution in [0.2, 0.25) is 0 Å². The number of rotatable bonds is 7. The van der Waals surface area contributed by atoms with E-state index in [4.69, 9.17) is 10.5 Å². The third kappa shape index (κ3) is 3.53. The number of anilines is 1. The molecule has 0 aromatic carbocycles. The maximum atomic E-state index is 5.51. The molecular weight excluding hydrogens is 192 g/mol. The molecule has 0 bridgehead atoms. The van der Waals surface area contributed by atoms with Gasteiger partial charge in [-0.3, -0.25) is 0 Å². The van der Waals surface area contributed by atoms with Crippen LogP contribution in [0.4, 0.5) is 5.95 Å². The van der Waals surface area contributed by atoms with Crippen molar-refractivity contribution in [3.63, 3.8) is 0 Å². The van der Waals surface area contributed by atoms with Gasteiger partial charge in [0.15, 0.2) is 0 Å². The fourth-order valence-electron chi connectivity index (χ4n) is 1.49. The number of imidazole rings is 1. The van der Waals surface area contributed by atoms with E-state index in [-0.39, 0.29) is 0 Å². The summed E-state index contributed by atoms with van der Waals surface area (Å²) >= 11 is 0. The van der Waals surface area contributed by atoms with Gasteiger partial charge in [-0.15, -0.1) is 0 Å². The highest BCUT2D eigenvalue weighted by atomic mass is 16.5. The Morgan fingerprint density at radius 1 is 1.60 bits per heavy atom. The highest BCUT2D eigenvalue weighted by Gasteiger charge is 2.06. The molecule has 0 amide bonds. The summed E-state index contributed by atoms with van der Waals surface area (Å²) in [5.41, 5.74) is 5.51. The largest absolute Gasteiger partial charge is 0.385 e. The van der Waals surface area contributed by atoms with Gasteiger partial charge in [-0.1, -0.05) is 0 Å². The molecule has 1 rings (SSSR count). The molecule has 0 fully saturated rings. The molecule has 0 spiro atoms. The average molecular weight is 212 g/mol. The third-order valence-electron chi connectivity index (χ3n) is 2.25. The molecule has 5 heteroatoms. The molecule has 0 atom stereocenters. The lowest BCUT2D eigenvalue weighted by molar-refractivity contribution is 0.190. The average Bonchev–Trinajstić information content (AvgIpc) is 2.67. The zero-order chi connectivity index (χ0) is 11.1. The number of nitrogens with zero attached hydrogens (tertiary/aromatic N) is 3. The van der Waals surface area contributed by atoms with Crippen LogP contribution in [0.25, 0.3) is 0 Å². The summed E-state index contributed by atoms with van der Waals surface area (Å²) in [6, 6.07) is 0. The first kappa shape index (κ1) is 12.0. The van der Waals surface area contributed by atoms with E-state index in [1.54, 1.807) is 7.11 Å². The minimum Gasteiger partial charge on any atom is -0.385 e. The first-order valence-electron chi connectivity index (χ1n) is 5.21. The Morgan fingerprint density at radius 3 is 3.07 bits per heavy atom. The van der Waals surface area contributed by atoms with Crippen LogP contribution in [0.15, 0.2) is 12.4 Å². The van der Waals surface area contributed by atoms with Crippen molar-refractivity contribution in [2.24, 2.45) is 5.73 Å². The smallest absolute Gasteiger partial charge is 0.205 e. The molecular formula is C10H20N4O. The molecule has 0 aliphatic rings. The number of nitrogens with two attached hydrogens (primary N) is 1. The summed E-state index contributed by atoms with van der Waals surface area (Å²) in [6.07, 6.45) is 4.80. The van der Waals surface area contributed by atoms with Crippen LogP contribution in [-0.4, -0.2) is 43.4 Å². The van der Waals surface area contributed by atoms with Gasteiger partial charge < -0.3 is 19.9 Å². The molecule has 15 heavy (non-hydrogen) atoms. The Bertz CT molecular complexity index is 274. The molecule has 0 saturated heterocycles. The number of hydrogen-bond acceptors (Lipinski definition) is 4. The molecule has 0 aliphatic heterocycles. The summed E-state index contributed by atoms with van der Waals surface area (Å²) in [6.45, 7) is 3.17. The Balaban J connectivity index is 2.52. The molecule has 1 heterocycles. The lowest BCUT2D eigenvalue weighted by atomic mass is 10.4. The number of hydrogen-bond donors (Lipinski definition) is 1. The van der Waals surface area contributed by atoms with Gasteiger partial charge in [0.2, 0.25) is 5.95 Å². The molecule has 5 nitrogen and oxygen atoms in total. The predicted molar refractivity (Wildman–Crippen MR) is 61.0 cm³/mol. The van der Waals surface area contributed by atoms with Crippen LogP contribution in [0.3, 0.4) is 0 Å². The van der Waals surface area contributed by atoms with E-state index < -0.39 is 0 Å². The number of ether oxygens (including phenoxy) is 1. The van der Waals surface area contributed by atoms with Crippen molar-refractivity contribution in [2.45, 2.75) is 13.0 Å². The summed E-state index contributed by atoms with van der Waals surface area (Å²) < 4.78 is 7.14. The van der Waals surface area contributed by atoms with Gasteiger partial charge in [0, 0.05) is 52.8 Å². The quantitative estimate of drug-likeness (QED) is 0.661. The Hall–Kier alpha value is -1.07. The summed E-state index contributed by atoms with van der Waals surface area (Å²) in [5, 5.41) is 0. The van der Waals surface area contributed by atoms with Crippen LogP contribution in [-0.2, 0) is 11.3 Å². The monoisotopic (exact) mass is 212 g/mol. The van der Waals surface area contributed by atoms with Gasteiger partial charge in [-0.2, -0.15) is 0 Å². The molecule has 1 aromatic heterocycles. The summed E-state index contributed by atoms with van der Waals surface area (Å²) in [5.74, 6) is 0.969. The molecule has 86 valence electrons. The standard InChI is InChI=1S/C10H20N4O/c1-13(7-4-11)10-12-5-8-14(10)6-3-9-15-2/h5,8H,3-4,6-7,9,11H2,1-2H3. The van der Waals surface area contributed by atoms with E-state index >= 15 is 0 Å². The van der Waals surface area contributed by atoms with Gasteiger partial charge in [0.25, 0.3) is 0 Å². The van der Waals surface area contributed by atoms with E-state index in [1.807, 2.05) is 19.4 Å². The predicted octanol–water partition coefficient (Wildman–Crippen LogP) is 0.315.